The largest absolute Gasteiger partial charge is 0.337 e. The molecule has 1 aromatic carbocycles. The fourth-order valence-electron chi connectivity index (χ4n) is 3.08. The van der Waals surface area contributed by atoms with Gasteiger partial charge in [-0.15, -0.1) is 0 Å². The number of carbonyl (C=O) groups is 1. The van der Waals surface area contributed by atoms with Crippen LogP contribution in [0.4, 0.5) is 0 Å². The van der Waals surface area contributed by atoms with Gasteiger partial charge in [-0.05, 0) is 25.1 Å². The highest BCUT2D eigenvalue weighted by atomic mass is 16.5. The van der Waals surface area contributed by atoms with Crippen LogP contribution in [0.1, 0.15) is 35.3 Å². The Bertz CT molecular complexity index is 945. The predicted octanol–water partition coefficient (Wildman–Crippen LogP) is 2.01. The van der Waals surface area contributed by atoms with E-state index in [2.05, 4.69) is 27.4 Å². The molecule has 0 radical (unpaired) electrons. The Hall–Kier alpha value is -3.00. The molecule has 0 saturated heterocycles. The third kappa shape index (κ3) is 2.78. The molecule has 1 aliphatic rings. The van der Waals surface area contributed by atoms with Gasteiger partial charge in [0.05, 0.1) is 30.0 Å². The van der Waals surface area contributed by atoms with E-state index in [1.165, 1.54) is 0 Å². The monoisotopic (exact) mass is 352 g/mol. The fraction of sp³-hybridized carbons (Fsp3) is 0.333. The van der Waals surface area contributed by atoms with Crippen LogP contribution in [0.2, 0.25) is 0 Å². The molecule has 0 aliphatic carbocycles. The third-order valence-corrected chi connectivity index (χ3v) is 4.38. The molecule has 1 aliphatic heterocycles. The Balaban J connectivity index is 1.73. The summed E-state index contributed by atoms with van der Waals surface area (Å²) < 4.78 is 7.25. The van der Waals surface area contributed by atoms with Crippen LogP contribution in [0.25, 0.3) is 17.2 Å². The summed E-state index contributed by atoms with van der Waals surface area (Å²) in [5.41, 5.74) is 2.95. The fourth-order valence-corrected chi connectivity index (χ4v) is 3.08. The van der Waals surface area contributed by atoms with Crippen LogP contribution in [0.5, 0.6) is 0 Å². The van der Waals surface area contributed by atoms with Crippen molar-refractivity contribution in [2.75, 3.05) is 13.6 Å². The van der Waals surface area contributed by atoms with E-state index in [0.29, 0.717) is 36.1 Å². The zero-order chi connectivity index (χ0) is 18.1. The van der Waals surface area contributed by atoms with Crippen LogP contribution < -0.4 is 5.32 Å². The molecule has 2 aromatic heterocycles. The van der Waals surface area contributed by atoms with Crippen LogP contribution in [0.15, 0.2) is 35.1 Å². The van der Waals surface area contributed by atoms with E-state index in [9.17, 15) is 4.79 Å². The van der Waals surface area contributed by atoms with Crippen molar-refractivity contribution in [1.82, 2.24) is 29.9 Å². The smallest absolute Gasteiger partial charge is 0.256 e. The quantitative estimate of drug-likeness (QED) is 0.707. The zero-order valence-electron chi connectivity index (χ0n) is 14.8. The Morgan fingerprint density at radius 1 is 1.31 bits per heavy atom. The molecule has 1 amide bonds. The van der Waals surface area contributed by atoms with E-state index >= 15 is 0 Å². The second-order valence-corrected chi connectivity index (χ2v) is 6.28. The lowest BCUT2D eigenvalue weighted by Gasteiger charge is -2.14. The molecule has 0 fully saturated rings. The summed E-state index contributed by atoms with van der Waals surface area (Å²) in [5, 5.41) is 7.30. The highest BCUT2D eigenvalue weighted by molar-refractivity contribution is 5.98. The molecule has 0 unspecified atom stereocenters. The van der Waals surface area contributed by atoms with E-state index in [4.69, 9.17) is 4.52 Å². The van der Waals surface area contributed by atoms with Crippen LogP contribution in [-0.4, -0.2) is 44.1 Å². The SMILES string of the molecule is CCCNCc1nc(-c2ncn3c2CN(C)C(=O)c2ccccc2-3)no1. The molecular weight excluding hydrogens is 332 g/mol. The Kier molecular flexibility index (Phi) is 4.26. The predicted molar refractivity (Wildman–Crippen MR) is 94.7 cm³/mol. The molecule has 3 aromatic rings. The van der Waals surface area contributed by atoms with Crippen molar-refractivity contribution >= 4 is 5.91 Å². The first kappa shape index (κ1) is 16.5. The number of rotatable bonds is 5. The van der Waals surface area contributed by atoms with Gasteiger partial charge in [-0.3, -0.25) is 9.36 Å². The van der Waals surface area contributed by atoms with E-state index in [1.807, 2.05) is 28.8 Å². The molecule has 8 nitrogen and oxygen atoms in total. The Morgan fingerprint density at radius 3 is 3.00 bits per heavy atom. The van der Waals surface area contributed by atoms with Gasteiger partial charge in [-0.2, -0.15) is 4.98 Å². The highest BCUT2D eigenvalue weighted by Crippen LogP contribution is 2.29. The number of hydrogen-bond donors (Lipinski definition) is 1. The van der Waals surface area contributed by atoms with Gasteiger partial charge < -0.3 is 14.7 Å². The number of nitrogens with one attached hydrogen (secondary N) is 1. The van der Waals surface area contributed by atoms with Gasteiger partial charge in [0.15, 0.2) is 0 Å². The molecule has 3 heterocycles. The van der Waals surface area contributed by atoms with E-state index < -0.39 is 0 Å². The Labute approximate surface area is 150 Å². The minimum atomic E-state index is -0.0205. The Morgan fingerprint density at radius 2 is 2.15 bits per heavy atom. The number of hydrogen-bond acceptors (Lipinski definition) is 6. The lowest BCUT2D eigenvalue weighted by atomic mass is 10.1. The van der Waals surface area contributed by atoms with Crippen molar-refractivity contribution in [3.05, 3.63) is 47.7 Å². The molecule has 0 saturated carbocycles. The lowest BCUT2D eigenvalue weighted by Crippen LogP contribution is -2.25. The molecule has 1 N–H and O–H groups in total. The summed E-state index contributed by atoms with van der Waals surface area (Å²) in [6.45, 7) is 3.93. The van der Waals surface area contributed by atoms with Gasteiger partial charge in [0.1, 0.15) is 12.0 Å². The average Bonchev–Trinajstić information content (AvgIpc) is 3.26. The maximum atomic E-state index is 12.6. The van der Waals surface area contributed by atoms with Crippen LogP contribution >= 0.6 is 0 Å². The number of aromatic nitrogens is 4. The van der Waals surface area contributed by atoms with Crippen molar-refractivity contribution in [2.24, 2.45) is 0 Å². The number of amides is 1. The molecule has 26 heavy (non-hydrogen) atoms. The molecule has 4 rings (SSSR count). The van der Waals surface area contributed by atoms with E-state index in [1.54, 1.807) is 18.3 Å². The van der Waals surface area contributed by atoms with Crippen LogP contribution in [0, 0.1) is 0 Å². The topological polar surface area (TPSA) is 89.1 Å². The number of imidazole rings is 1. The van der Waals surface area contributed by atoms with Crippen LogP contribution in [0.3, 0.4) is 0 Å². The molecular formula is C18H20N6O2. The summed E-state index contributed by atoms with van der Waals surface area (Å²) >= 11 is 0. The van der Waals surface area contributed by atoms with Crippen LogP contribution in [-0.2, 0) is 13.1 Å². The summed E-state index contributed by atoms with van der Waals surface area (Å²) in [7, 11) is 1.78. The number of para-hydroxylation sites is 1. The van der Waals surface area contributed by atoms with Gasteiger partial charge in [0.2, 0.25) is 11.7 Å². The van der Waals surface area contributed by atoms with Crippen molar-refractivity contribution in [3.63, 3.8) is 0 Å². The molecule has 0 spiro atoms. The van der Waals surface area contributed by atoms with Crippen molar-refractivity contribution in [1.29, 1.82) is 0 Å². The minimum Gasteiger partial charge on any atom is -0.337 e. The second-order valence-electron chi connectivity index (χ2n) is 6.28. The zero-order valence-corrected chi connectivity index (χ0v) is 14.8. The molecule has 0 bridgehead atoms. The molecule has 134 valence electrons. The van der Waals surface area contributed by atoms with Gasteiger partial charge in [0, 0.05) is 7.05 Å². The van der Waals surface area contributed by atoms with Gasteiger partial charge >= 0.3 is 0 Å². The number of carbonyl (C=O) groups excluding carboxylic acids is 1. The van der Waals surface area contributed by atoms with Gasteiger partial charge in [-0.1, -0.05) is 24.2 Å². The third-order valence-electron chi connectivity index (χ3n) is 4.38. The highest BCUT2D eigenvalue weighted by Gasteiger charge is 2.27. The second kappa shape index (κ2) is 6.72. The summed E-state index contributed by atoms with van der Waals surface area (Å²) in [5.74, 6) is 0.939. The molecule has 8 heteroatoms. The van der Waals surface area contributed by atoms with Crippen molar-refractivity contribution in [3.8, 4) is 17.2 Å². The summed E-state index contributed by atoms with van der Waals surface area (Å²) in [6.07, 6.45) is 2.75. The summed E-state index contributed by atoms with van der Waals surface area (Å²) in [4.78, 5) is 23.3. The first-order valence-corrected chi connectivity index (χ1v) is 8.63. The normalized spacial score (nSPS) is 13.5. The maximum absolute atomic E-state index is 12.6. The van der Waals surface area contributed by atoms with E-state index in [0.717, 1.165) is 24.3 Å². The number of fused-ring (bicyclic) bond motifs is 3. The minimum absolute atomic E-state index is 0.0205. The lowest BCUT2D eigenvalue weighted by molar-refractivity contribution is 0.0788. The first-order chi connectivity index (χ1) is 12.7. The average molecular weight is 352 g/mol. The van der Waals surface area contributed by atoms with Crippen molar-refractivity contribution < 1.29 is 9.32 Å². The summed E-state index contributed by atoms with van der Waals surface area (Å²) in [6, 6.07) is 7.52. The number of nitrogens with zero attached hydrogens (tertiary/aromatic N) is 5. The van der Waals surface area contributed by atoms with E-state index in [-0.39, 0.29) is 5.91 Å². The maximum Gasteiger partial charge on any atom is 0.256 e. The standard InChI is InChI=1S/C18H20N6O2/c1-3-8-19-9-15-21-17(22-26-15)16-14-10-23(2)18(25)12-6-4-5-7-13(12)24(14)11-20-16/h4-7,11,19H,3,8-10H2,1-2H3. The van der Waals surface area contributed by atoms with Crippen molar-refractivity contribution in [2.45, 2.75) is 26.4 Å². The first-order valence-electron chi connectivity index (χ1n) is 8.63. The number of benzene rings is 1. The van der Waals surface area contributed by atoms with Gasteiger partial charge in [0.25, 0.3) is 5.91 Å². The molecule has 0 atom stereocenters. The van der Waals surface area contributed by atoms with Gasteiger partial charge in [-0.25, -0.2) is 4.98 Å².